The third-order valence-electron chi connectivity index (χ3n) is 3.63. The van der Waals surface area contributed by atoms with E-state index in [2.05, 4.69) is 0 Å². The minimum absolute atomic E-state index is 0.179. The van der Waals surface area contributed by atoms with Gasteiger partial charge in [0, 0.05) is 7.11 Å². The molecule has 0 radical (unpaired) electrons. The maximum Gasteiger partial charge on any atom is 0.309 e. The number of ether oxygens (including phenoxy) is 2. The molecule has 1 saturated carbocycles. The number of aliphatic hydroxyl groups excluding tert-OH is 1. The maximum absolute atomic E-state index is 11.4. The highest BCUT2D eigenvalue weighted by atomic mass is 16.5. The van der Waals surface area contributed by atoms with E-state index in [0.29, 0.717) is 26.1 Å². The number of aliphatic carboxylic acids is 1. The van der Waals surface area contributed by atoms with Gasteiger partial charge in [-0.3, -0.25) is 4.79 Å². The molecule has 0 saturated heterocycles. The summed E-state index contributed by atoms with van der Waals surface area (Å²) in [6.45, 7) is 1.09. The molecule has 1 unspecified atom stereocenters. The van der Waals surface area contributed by atoms with Crippen molar-refractivity contribution in [1.29, 1.82) is 0 Å². The standard InChI is InChI=1S/C13H24O5/c1-17-7-8-18-10-11(14)9-13(12(15)16)5-3-2-4-6-13/h11,14H,2-10H2,1H3,(H,15,16). The van der Waals surface area contributed by atoms with E-state index < -0.39 is 17.5 Å². The van der Waals surface area contributed by atoms with Crippen LogP contribution in [0.2, 0.25) is 0 Å². The number of aliphatic hydroxyl groups is 1. The monoisotopic (exact) mass is 260 g/mol. The molecule has 2 N–H and O–H groups in total. The number of carbonyl (C=O) groups is 1. The average Bonchev–Trinajstić information content (AvgIpc) is 2.35. The smallest absolute Gasteiger partial charge is 0.309 e. The zero-order valence-corrected chi connectivity index (χ0v) is 11.1. The fraction of sp³-hybridized carbons (Fsp3) is 0.923. The fourth-order valence-electron chi connectivity index (χ4n) is 2.61. The van der Waals surface area contributed by atoms with Crippen LogP contribution in [-0.4, -0.2) is 49.2 Å². The Bertz CT molecular complexity index is 248. The Morgan fingerprint density at radius 2 is 1.94 bits per heavy atom. The first-order chi connectivity index (χ1) is 8.60. The number of carboxylic acid groups (broad SMARTS) is 1. The van der Waals surface area contributed by atoms with Crippen molar-refractivity contribution in [1.82, 2.24) is 0 Å². The van der Waals surface area contributed by atoms with Crippen LogP contribution in [0.1, 0.15) is 38.5 Å². The molecule has 18 heavy (non-hydrogen) atoms. The number of hydrogen-bond donors (Lipinski definition) is 2. The zero-order valence-electron chi connectivity index (χ0n) is 11.1. The predicted molar refractivity (Wildman–Crippen MR) is 66.5 cm³/mol. The summed E-state index contributed by atoms with van der Waals surface area (Å²) in [7, 11) is 1.58. The molecule has 0 aromatic carbocycles. The Labute approximate surface area is 108 Å². The van der Waals surface area contributed by atoms with Crippen LogP contribution < -0.4 is 0 Å². The summed E-state index contributed by atoms with van der Waals surface area (Å²) in [6, 6.07) is 0. The molecular formula is C13H24O5. The molecule has 0 spiro atoms. The fourth-order valence-corrected chi connectivity index (χ4v) is 2.61. The molecule has 5 nitrogen and oxygen atoms in total. The quantitative estimate of drug-likeness (QED) is 0.646. The third kappa shape index (κ3) is 4.55. The summed E-state index contributed by atoms with van der Waals surface area (Å²) in [6.07, 6.45) is 3.86. The molecule has 0 aromatic heterocycles. The van der Waals surface area contributed by atoms with Crippen molar-refractivity contribution >= 4 is 5.97 Å². The molecule has 1 aliphatic carbocycles. The molecule has 0 aromatic rings. The van der Waals surface area contributed by atoms with Crippen molar-refractivity contribution in [3.8, 4) is 0 Å². The number of methoxy groups -OCH3 is 1. The van der Waals surface area contributed by atoms with Gasteiger partial charge in [-0.25, -0.2) is 0 Å². The minimum Gasteiger partial charge on any atom is -0.481 e. The number of rotatable bonds is 8. The Morgan fingerprint density at radius 3 is 2.50 bits per heavy atom. The van der Waals surface area contributed by atoms with Gasteiger partial charge in [-0.1, -0.05) is 19.3 Å². The van der Waals surface area contributed by atoms with Crippen molar-refractivity contribution in [3.63, 3.8) is 0 Å². The van der Waals surface area contributed by atoms with Crippen LogP contribution in [0, 0.1) is 5.41 Å². The van der Waals surface area contributed by atoms with Gasteiger partial charge in [-0.05, 0) is 19.3 Å². The molecule has 0 aliphatic heterocycles. The lowest BCUT2D eigenvalue weighted by Gasteiger charge is -2.34. The van der Waals surface area contributed by atoms with Crippen molar-refractivity contribution < 1.29 is 24.5 Å². The molecule has 106 valence electrons. The Hall–Kier alpha value is -0.650. The van der Waals surface area contributed by atoms with E-state index in [1.165, 1.54) is 0 Å². The first-order valence-corrected chi connectivity index (χ1v) is 6.59. The third-order valence-corrected chi connectivity index (χ3v) is 3.63. The van der Waals surface area contributed by atoms with Crippen LogP contribution in [-0.2, 0) is 14.3 Å². The summed E-state index contributed by atoms with van der Waals surface area (Å²) in [5.74, 6) is -0.779. The summed E-state index contributed by atoms with van der Waals surface area (Å²) in [5, 5.41) is 19.3. The van der Waals surface area contributed by atoms with E-state index in [1.807, 2.05) is 0 Å². The van der Waals surface area contributed by atoms with Gasteiger partial charge >= 0.3 is 5.97 Å². The van der Waals surface area contributed by atoms with E-state index in [9.17, 15) is 15.0 Å². The van der Waals surface area contributed by atoms with Gasteiger partial charge in [-0.2, -0.15) is 0 Å². The largest absolute Gasteiger partial charge is 0.481 e. The lowest BCUT2D eigenvalue weighted by molar-refractivity contribution is -0.154. The number of hydrogen-bond acceptors (Lipinski definition) is 4. The Kier molecular flexibility index (Phi) is 6.60. The second kappa shape index (κ2) is 7.71. The summed E-state index contributed by atoms with van der Waals surface area (Å²) < 4.78 is 10.1. The van der Waals surface area contributed by atoms with E-state index in [-0.39, 0.29) is 13.0 Å². The van der Waals surface area contributed by atoms with E-state index in [0.717, 1.165) is 19.3 Å². The Balaban J connectivity index is 2.38. The molecule has 0 heterocycles. The molecule has 1 rings (SSSR count). The van der Waals surface area contributed by atoms with E-state index in [1.54, 1.807) is 7.11 Å². The van der Waals surface area contributed by atoms with E-state index in [4.69, 9.17) is 9.47 Å². The van der Waals surface area contributed by atoms with Crippen molar-refractivity contribution in [2.24, 2.45) is 5.41 Å². The predicted octanol–water partition coefficient (Wildman–Crippen LogP) is 1.44. The summed E-state index contributed by atoms with van der Waals surface area (Å²) in [5.41, 5.74) is -0.748. The highest BCUT2D eigenvalue weighted by Crippen LogP contribution is 2.40. The van der Waals surface area contributed by atoms with Gasteiger partial charge in [0.25, 0.3) is 0 Å². The van der Waals surface area contributed by atoms with Gasteiger partial charge in [-0.15, -0.1) is 0 Å². The lowest BCUT2D eigenvalue weighted by Crippen LogP contribution is -2.38. The molecular weight excluding hydrogens is 236 g/mol. The van der Waals surface area contributed by atoms with Crippen LogP contribution in [0.4, 0.5) is 0 Å². The second-order valence-corrected chi connectivity index (χ2v) is 5.07. The molecule has 1 aliphatic rings. The van der Waals surface area contributed by atoms with Crippen LogP contribution in [0.25, 0.3) is 0 Å². The minimum atomic E-state index is -0.779. The van der Waals surface area contributed by atoms with Crippen molar-refractivity contribution in [3.05, 3.63) is 0 Å². The van der Waals surface area contributed by atoms with Gasteiger partial charge in [0.2, 0.25) is 0 Å². The van der Waals surface area contributed by atoms with E-state index >= 15 is 0 Å². The normalized spacial score (nSPS) is 20.6. The summed E-state index contributed by atoms with van der Waals surface area (Å²) in [4.78, 5) is 11.4. The SMILES string of the molecule is COCCOCC(O)CC1(C(=O)O)CCCCC1. The highest BCUT2D eigenvalue weighted by molar-refractivity contribution is 5.74. The van der Waals surface area contributed by atoms with Gasteiger partial charge < -0.3 is 19.7 Å². The molecule has 1 atom stereocenters. The second-order valence-electron chi connectivity index (χ2n) is 5.07. The van der Waals surface area contributed by atoms with Crippen LogP contribution in [0.3, 0.4) is 0 Å². The van der Waals surface area contributed by atoms with Crippen molar-refractivity contribution in [2.45, 2.75) is 44.6 Å². The lowest BCUT2D eigenvalue weighted by atomic mass is 9.71. The molecule has 5 heteroatoms. The topological polar surface area (TPSA) is 76.0 Å². The first-order valence-electron chi connectivity index (χ1n) is 6.59. The van der Waals surface area contributed by atoms with Gasteiger partial charge in [0.1, 0.15) is 0 Å². The Morgan fingerprint density at radius 1 is 1.28 bits per heavy atom. The van der Waals surface area contributed by atoms with Gasteiger partial charge in [0.05, 0.1) is 31.3 Å². The molecule has 1 fully saturated rings. The number of carboxylic acids is 1. The van der Waals surface area contributed by atoms with Crippen LogP contribution in [0.5, 0.6) is 0 Å². The van der Waals surface area contributed by atoms with Crippen LogP contribution in [0.15, 0.2) is 0 Å². The maximum atomic E-state index is 11.4. The molecule has 0 amide bonds. The average molecular weight is 260 g/mol. The van der Waals surface area contributed by atoms with Gasteiger partial charge in [0.15, 0.2) is 0 Å². The summed E-state index contributed by atoms with van der Waals surface area (Å²) >= 11 is 0. The van der Waals surface area contributed by atoms with Crippen molar-refractivity contribution in [2.75, 3.05) is 26.9 Å². The first kappa shape index (κ1) is 15.4. The molecule has 0 bridgehead atoms. The zero-order chi connectivity index (χ0) is 13.4. The highest BCUT2D eigenvalue weighted by Gasteiger charge is 2.41. The van der Waals surface area contributed by atoms with Crippen LogP contribution >= 0.6 is 0 Å².